The Morgan fingerprint density at radius 1 is 1.53 bits per heavy atom. The van der Waals surface area contributed by atoms with Gasteiger partial charge in [0.05, 0.1) is 0 Å². The number of H-pyrrole nitrogens is 1. The molecular formula is C10H14N4O. The third-order valence-electron chi connectivity index (χ3n) is 3.24. The number of carbonyl (C=O) groups excluding carboxylic acids is 1. The number of hydrogen-bond acceptors (Lipinski definition) is 3. The van der Waals surface area contributed by atoms with Gasteiger partial charge in [0, 0.05) is 5.92 Å². The third-order valence-corrected chi connectivity index (χ3v) is 3.24. The monoisotopic (exact) mass is 206 g/mol. The van der Waals surface area contributed by atoms with Crippen LogP contribution in [0, 0.1) is 24.7 Å². The van der Waals surface area contributed by atoms with Gasteiger partial charge in [-0.2, -0.15) is 4.98 Å². The Kier molecular flexibility index (Phi) is 1.81. The van der Waals surface area contributed by atoms with Crippen molar-refractivity contribution in [3.63, 3.8) is 0 Å². The topological polar surface area (TPSA) is 70.7 Å². The Hall–Kier alpha value is -1.39. The summed E-state index contributed by atoms with van der Waals surface area (Å²) in [6, 6.07) is 0. The summed E-state index contributed by atoms with van der Waals surface area (Å²) in [4.78, 5) is 15.8. The maximum absolute atomic E-state index is 11.7. The lowest BCUT2D eigenvalue weighted by Gasteiger charge is -1.98. The molecule has 2 fully saturated rings. The van der Waals surface area contributed by atoms with Gasteiger partial charge < -0.3 is 0 Å². The minimum Gasteiger partial charge on any atom is -0.293 e. The molecule has 0 unspecified atom stereocenters. The highest BCUT2D eigenvalue weighted by molar-refractivity contribution is 5.93. The number of rotatable bonds is 3. The first-order valence-corrected chi connectivity index (χ1v) is 5.44. The van der Waals surface area contributed by atoms with E-state index < -0.39 is 0 Å². The summed E-state index contributed by atoms with van der Waals surface area (Å²) in [6.07, 6.45) is 3.68. The van der Waals surface area contributed by atoms with E-state index in [0.29, 0.717) is 11.9 Å². The lowest BCUT2D eigenvalue weighted by molar-refractivity contribution is -0.117. The van der Waals surface area contributed by atoms with Gasteiger partial charge in [0.1, 0.15) is 5.82 Å². The fourth-order valence-electron chi connectivity index (χ4n) is 2.16. The van der Waals surface area contributed by atoms with Crippen LogP contribution < -0.4 is 5.32 Å². The second kappa shape index (κ2) is 3.05. The van der Waals surface area contributed by atoms with Gasteiger partial charge in [-0.1, -0.05) is 0 Å². The van der Waals surface area contributed by atoms with Crippen molar-refractivity contribution in [1.29, 1.82) is 0 Å². The zero-order valence-corrected chi connectivity index (χ0v) is 8.66. The zero-order chi connectivity index (χ0) is 10.4. The molecule has 1 heterocycles. The molecule has 0 bridgehead atoms. The summed E-state index contributed by atoms with van der Waals surface area (Å²) in [6.45, 7) is 1.81. The lowest BCUT2D eigenvalue weighted by Crippen LogP contribution is -2.16. The first-order valence-electron chi connectivity index (χ1n) is 5.44. The van der Waals surface area contributed by atoms with Crippen molar-refractivity contribution in [3.05, 3.63) is 5.82 Å². The van der Waals surface area contributed by atoms with E-state index in [9.17, 15) is 4.79 Å². The fraction of sp³-hybridized carbons (Fsp3) is 0.700. The van der Waals surface area contributed by atoms with Gasteiger partial charge in [-0.25, -0.2) is 0 Å². The van der Waals surface area contributed by atoms with Crippen molar-refractivity contribution < 1.29 is 4.79 Å². The number of aromatic amines is 1. The first-order chi connectivity index (χ1) is 7.24. The highest BCUT2D eigenvalue weighted by Gasteiger charge is 2.51. The second-order valence-corrected chi connectivity index (χ2v) is 4.58. The fourth-order valence-corrected chi connectivity index (χ4v) is 2.16. The molecule has 5 heteroatoms. The summed E-state index contributed by atoms with van der Waals surface area (Å²) in [5, 5.41) is 9.33. The standard InChI is InChI=1S/C10H14N4O/c1-5-11-10(14-13-5)12-9(15)8-4-7(8)6-2-3-6/h6-8H,2-4H2,1H3,(H2,11,12,13,14,15)/t7-,8+/m1/s1. The highest BCUT2D eigenvalue weighted by Crippen LogP contribution is 2.54. The predicted octanol–water partition coefficient (Wildman–Crippen LogP) is 1.10. The Labute approximate surface area is 87.7 Å². The van der Waals surface area contributed by atoms with Gasteiger partial charge in [-0.15, -0.1) is 5.10 Å². The quantitative estimate of drug-likeness (QED) is 0.777. The minimum atomic E-state index is 0.0888. The van der Waals surface area contributed by atoms with Crippen molar-refractivity contribution in [2.75, 3.05) is 5.32 Å². The van der Waals surface area contributed by atoms with Crippen LogP contribution >= 0.6 is 0 Å². The minimum absolute atomic E-state index is 0.0888. The van der Waals surface area contributed by atoms with Crippen molar-refractivity contribution in [3.8, 4) is 0 Å². The lowest BCUT2D eigenvalue weighted by atomic mass is 10.2. The molecule has 15 heavy (non-hydrogen) atoms. The number of aryl methyl sites for hydroxylation is 1. The van der Waals surface area contributed by atoms with E-state index >= 15 is 0 Å². The average Bonchev–Trinajstić information content (AvgIpc) is 3.06. The summed E-state index contributed by atoms with van der Waals surface area (Å²) in [7, 11) is 0. The summed E-state index contributed by atoms with van der Waals surface area (Å²) >= 11 is 0. The maximum Gasteiger partial charge on any atom is 0.248 e. The molecule has 5 nitrogen and oxygen atoms in total. The number of aromatic nitrogens is 3. The number of hydrogen-bond donors (Lipinski definition) is 2. The largest absolute Gasteiger partial charge is 0.293 e. The average molecular weight is 206 g/mol. The van der Waals surface area contributed by atoms with Crippen LogP contribution in [0.2, 0.25) is 0 Å². The highest BCUT2D eigenvalue weighted by atomic mass is 16.2. The summed E-state index contributed by atoms with van der Waals surface area (Å²) in [5.74, 6) is 2.90. The van der Waals surface area contributed by atoms with E-state index in [1.807, 2.05) is 6.92 Å². The van der Waals surface area contributed by atoms with Crippen LogP contribution in [0.3, 0.4) is 0 Å². The number of anilines is 1. The number of amides is 1. The van der Waals surface area contributed by atoms with Crippen LogP contribution in [-0.2, 0) is 4.79 Å². The molecular weight excluding hydrogens is 192 g/mol. The van der Waals surface area contributed by atoms with Crippen LogP contribution in [-0.4, -0.2) is 21.1 Å². The van der Waals surface area contributed by atoms with E-state index in [1.54, 1.807) is 0 Å². The van der Waals surface area contributed by atoms with Gasteiger partial charge >= 0.3 is 0 Å². The van der Waals surface area contributed by atoms with Crippen LogP contribution in [0.25, 0.3) is 0 Å². The van der Waals surface area contributed by atoms with Crippen molar-refractivity contribution >= 4 is 11.9 Å². The smallest absolute Gasteiger partial charge is 0.248 e. The first kappa shape index (κ1) is 8.88. The Morgan fingerprint density at radius 3 is 2.93 bits per heavy atom. The molecule has 1 aromatic rings. The SMILES string of the molecule is Cc1nc(NC(=O)[C@H]2C[C@@H]2C2CC2)n[nH]1. The van der Waals surface area contributed by atoms with E-state index in [-0.39, 0.29) is 11.8 Å². The van der Waals surface area contributed by atoms with Crippen molar-refractivity contribution in [2.45, 2.75) is 26.2 Å². The van der Waals surface area contributed by atoms with E-state index in [0.717, 1.165) is 18.2 Å². The van der Waals surface area contributed by atoms with E-state index in [1.165, 1.54) is 12.8 Å². The van der Waals surface area contributed by atoms with Crippen molar-refractivity contribution in [1.82, 2.24) is 15.2 Å². The zero-order valence-electron chi connectivity index (χ0n) is 8.66. The molecule has 0 radical (unpaired) electrons. The summed E-state index contributed by atoms with van der Waals surface area (Å²) < 4.78 is 0. The molecule has 2 N–H and O–H groups in total. The molecule has 1 amide bonds. The van der Waals surface area contributed by atoms with E-state index in [2.05, 4.69) is 20.5 Å². The molecule has 3 rings (SSSR count). The number of nitrogens with one attached hydrogen (secondary N) is 2. The molecule has 0 aliphatic heterocycles. The molecule has 0 saturated heterocycles. The molecule has 2 atom stereocenters. The Balaban J connectivity index is 1.57. The van der Waals surface area contributed by atoms with Gasteiger partial charge in [0.15, 0.2) is 0 Å². The second-order valence-electron chi connectivity index (χ2n) is 4.58. The molecule has 0 aromatic carbocycles. The van der Waals surface area contributed by atoms with Crippen LogP contribution in [0.1, 0.15) is 25.1 Å². The predicted molar refractivity (Wildman–Crippen MR) is 54.1 cm³/mol. The van der Waals surface area contributed by atoms with Crippen LogP contribution in [0.15, 0.2) is 0 Å². The third kappa shape index (κ3) is 1.73. The van der Waals surface area contributed by atoms with Crippen LogP contribution in [0.5, 0.6) is 0 Å². The van der Waals surface area contributed by atoms with Crippen LogP contribution in [0.4, 0.5) is 5.95 Å². The molecule has 0 spiro atoms. The molecule has 1 aromatic heterocycles. The Bertz CT molecular complexity index is 396. The molecule has 80 valence electrons. The number of carbonyl (C=O) groups is 1. The molecule has 2 aliphatic carbocycles. The molecule has 2 aliphatic rings. The van der Waals surface area contributed by atoms with E-state index in [4.69, 9.17) is 0 Å². The van der Waals surface area contributed by atoms with Gasteiger partial charge in [-0.05, 0) is 38.0 Å². The Morgan fingerprint density at radius 2 is 2.33 bits per heavy atom. The summed E-state index contributed by atoms with van der Waals surface area (Å²) in [5.41, 5.74) is 0. The van der Waals surface area contributed by atoms with Gasteiger partial charge in [0.2, 0.25) is 11.9 Å². The van der Waals surface area contributed by atoms with Gasteiger partial charge in [-0.3, -0.25) is 15.2 Å². The molecule has 2 saturated carbocycles. The van der Waals surface area contributed by atoms with Crippen molar-refractivity contribution in [2.24, 2.45) is 17.8 Å². The maximum atomic E-state index is 11.7. The normalized spacial score (nSPS) is 28.9. The number of nitrogens with zero attached hydrogens (tertiary/aromatic N) is 2. The van der Waals surface area contributed by atoms with Gasteiger partial charge in [0.25, 0.3) is 0 Å².